The molecule has 1 atom stereocenters. The van der Waals surface area contributed by atoms with E-state index in [9.17, 15) is 0 Å². The molecular formula is C8H11ClN4. The minimum atomic E-state index is -0.428. The van der Waals surface area contributed by atoms with Crippen molar-refractivity contribution in [2.24, 2.45) is 5.73 Å². The van der Waals surface area contributed by atoms with E-state index >= 15 is 0 Å². The molecule has 0 aromatic carbocycles. The highest BCUT2D eigenvalue weighted by atomic mass is 35.5. The summed E-state index contributed by atoms with van der Waals surface area (Å²) in [7, 11) is 0. The molecule has 0 fully saturated rings. The second-order valence-corrected chi connectivity index (χ2v) is 3.23. The van der Waals surface area contributed by atoms with Gasteiger partial charge in [-0.25, -0.2) is 0 Å². The van der Waals surface area contributed by atoms with E-state index in [1.807, 2.05) is 13.0 Å². The molecule has 1 rings (SSSR count). The van der Waals surface area contributed by atoms with Gasteiger partial charge in [0.15, 0.2) is 0 Å². The Hall–Kier alpha value is -1.05. The average Bonchev–Trinajstić information content (AvgIpc) is 2.44. The van der Waals surface area contributed by atoms with Gasteiger partial charge in [-0.1, -0.05) is 11.6 Å². The Morgan fingerprint density at radius 1 is 1.85 bits per heavy atom. The van der Waals surface area contributed by atoms with Crippen LogP contribution in [0.3, 0.4) is 0 Å². The lowest BCUT2D eigenvalue weighted by atomic mass is 10.2. The van der Waals surface area contributed by atoms with E-state index in [0.717, 1.165) is 5.69 Å². The van der Waals surface area contributed by atoms with Crippen LogP contribution in [0.15, 0.2) is 6.20 Å². The topological polar surface area (TPSA) is 67.6 Å². The highest BCUT2D eigenvalue weighted by molar-refractivity contribution is 6.31. The average molecular weight is 199 g/mol. The van der Waals surface area contributed by atoms with E-state index < -0.39 is 6.04 Å². The van der Waals surface area contributed by atoms with Crippen molar-refractivity contribution in [3.8, 4) is 6.07 Å². The molecule has 0 saturated carbocycles. The van der Waals surface area contributed by atoms with Gasteiger partial charge in [0.2, 0.25) is 0 Å². The van der Waals surface area contributed by atoms with Gasteiger partial charge < -0.3 is 5.73 Å². The van der Waals surface area contributed by atoms with Gasteiger partial charge in [0, 0.05) is 6.54 Å². The van der Waals surface area contributed by atoms with Gasteiger partial charge in [0.05, 0.1) is 29.0 Å². The standard InChI is InChI=1S/C8H11ClN4/c1-6-8(9)5-12-13(6)3-2-7(11)4-10/h5,7H,2-3,11H2,1H3. The number of hydrogen-bond donors (Lipinski definition) is 1. The fourth-order valence-corrected chi connectivity index (χ4v) is 1.12. The van der Waals surface area contributed by atoms with Crippen LogP contribution in [0.25, 0.3) is 0 Å². The van der Waals surface area contributed by atoms with Crippen LogP contribution in [0.1, 0.15) is 12.1 Å². The summed E-state index contributed by atoms with van der Waals surface area (Å²) in [6.07, 6.45) is 2.18. The van der Waals surface area contributed by atoms with E-state index in [1.165, 1.54) is 0 Å². The van der Waals surface area contributed by atoms with Crippen molar-refractivity contribution in [1.82, 2.24) is 9.78 Å². The summed E-state index contributed by atoms with van der Waals surface area (Å²) < 4.78 is 1.75. The molecule has 13 heavy (non-hydrogen) atoms. The number of nitriles is 1. The van der Waals surface area contributed by atoms with Crippen molar-refractivity contribution in [3.63, 3.8) is 0 Å². The lowest BCUT2D eigenvalue weighted by molar-refractivity contribution is 0.543. The second-order valence-electron chi connectivity index (χ2n) is 2.83. The van der Waals surface area contributed by atoms with Crippen LogP contribution in [0.2, 0.25) is 5.02 Å². The van der Waals surface area contributed by atoms with Crippen LogP contribution in [-0.4, -0.2) is 15.8 Å². The molecule has 0 aliphatic rings. The van der Waals surface area contributed by atoms with Crippen molar-refractivity contribution >= 4 is 11.6 Å². The maximum atomic E-state index is 8.46. The first-order valence-electron chi connectivity index (χ1n) is 3.98. The van der Waals surface area contributed by atoms with E-state index in [-0.39, 0.29) is 0 Å². The molecule has 0 aliphatic heterocycles. The predicted octanol–water partition coefficient (Wildman–Crippen LogP) is 1.09. The van der Waals surface area contributed by atoms with Crippen LogP contribution < -0.4 is 5.73 Å². The van der Waals surface area contributed by atoms with Gasteiger partial charge in [0.1, 0.15) is 0 Å². The number of hydrogen-bond acceptors (Lipinski definition) is 3. The van der Waals surface area contributed by atoms with E-state index in [0.29, 0.717) is 18.0 Å². The van der Waals surface area contributed by atoms with Gasteiger partial charge in [-0.15, -0.1) is 0 Å². The Bertz CT molecular complexity index is 325. The molecule has 2 N–H and O–H groups in total. The van der Waals surface area contributed by atoms with Crippen molar-refractivity contribution in [2.75, 3.05) is 0 Å². The Labute approximate surface area is 81.9 Å². The van der Waals surface area contributed by atoms with Crippen molar-refractivity contribution in [1.29, 1.82) is 5.26 Å². The SMILES string of the molecule is Cc1c(Cl)cnn1CCC(N)C#N. The molecule has 4 nitrogen and oxygen atoms in total. The van der Waals surface area contributed by atoms with Gasteiger partial charge in [0.25, 0.3) is 0 Å². The van der Waals surface area contributed by atoms with E-state index in [4.69, 9.17) is 22.6 Å². The zero-order valence-corrected chi connectivity index (χ0v) is 8.12. The minimum absolute atomic E-state index is 0.428. The summed E-state index contributed by atoms with van der Waals surface area (Å²) in [5, 5.41) is 13.1. The lowest BCUT2D eigenvalue weighted by Gasteiger charge is -2.04. The third-order valence-corrected chi connectivity index (χ3v) is 2.23. The molecule has 0 saturated heterocycles. The number of aromatic nitrogens is 2. The summed E-state index contributed by atoms with van der Waals surface area (Å²) in [4.78, 5) is 0. The van der Waals surface area contributed by atoms with Crippen LogP contribution in [0.5, 0.6) is 0 Å². The molecule has 0 aliphatic carbocycles. The van der Waals surface area contributed by atoms with Crippen molar-refractivity contribution in [2.45, 2.75) is 25.9 Å². The molecule has 0 bridgehead atoms. The number of aryl methyl sites for hydroxylation is 1. The molecule has 0 spiro atoms. The Morgan fingerprint density at radius 2 is 2.54 bits per heavy atom. The maximum absolute atomic E-state index is 8.46. The first kappa shape index (κ1) is 10.0. The van der Waals surface area contributed by atoms with E-state index in [2.05, 4.69) is 5.10 Å². The smallest absolute Gasteiger partial charge is 0.0945 e. The highest BCUT2D eigenvalue weighted by Gasteiger charge is 2.05. The van der Waals surface area contributed by atoms with Crippen LogP contribution in [0.4, 0.5) is 0 Å². The maximum Gasteiger partial charge on any atom is 0.0945 e. The zero-order valence-electron chi connectivity index (χ0n) is 7.37. The Kier molecular flexibility index (Phi) is 3.29. The molecule has 1 unspecified atom stereocenters. The number of nitrogens with zero attached hydrogens (tertiary/aromatic N) is 3. The molecule has 1 heterocycles. The minimum Gasteiger partial charge on any atom is -0.316 e. The predicted molar refractivity (Wildman–Crippen MR) is 50.2 cm³/mol. The summed E-state index contributed by atoms with van der Waals surface area (Å²) in [5.74, 6) is 0. The zero-order chi connectivity index (χ0) is 9.84. The second kappa shape index (κ2) is 4.26. The third-order valence-electron chi connectivity index (χ3n) is 1.86. The normalized spacial score (nSPS) is 12.5. The fourth-order valence-electron chi connectivity index (χ4n) is 0.975. The number of rotatable bonds is 3. The van der Waals surface area contributed by atoms with E-state index in [1.54, 1.807) is 10.9 Å². The first-order valence-corrected chi connectivity index (χ1v) is 4.36. The lowest BCUT2D eigenvalue weighted by Crippen LogP contribution is -2.20. The van der Waals surface area contributed by atoms with Gasteiger partial charge in [-0.3, -0.25) is 4.68 Å². The largest absolute Gasteiger partial charge is 0.316 e. The van der Waals surface area contributed by atoms with Gasteiger partial charge in [-0.05, 0) is 13.3 Å². The molecule has 1 aromatic heterocycles. The van der Waals surface area contributed by atoms with Crippen molar-refractivity contribution in [3.05, 3.63) is 16.9 Å². The molecule has 5 heteroatoms. The van der Waals surface area contributed by atoms with Gasteiger partial charge >= 0.3 is 0 Å². The van der Waals surface area contributed by atoms with Gasteiger partial charge in [-0.2, -0.15) is 10.4 Å². The summed E-state index contributed by atoms with van der Waals surface area (Å²) in [6, 6.07) is 1.54. The monoisotopic (exact) mass is 198 g/mol. The molecule has 0 radical (unpaired) electrons. The summed E-state index contributed by atoms with van der Waals surface area (Å²) in [5.41, 5.74) is 6.35. The fraction of sp³-hybridized carbons (Fsp3) is 0.500. The molecule has 1 aromatic rings. The summed E-state index contributed by atoms with van der Waals surface area (Å²) >= 11 is 5.80. The highest BCUT2D eigenvalue weighted by Crippen LogP contribution is 2.13. The number of nitrogens with two attached hydrogens (primary N) is 1. The molecule has 0 amide bonds. The molecule has 70 valence electrons. The number of halogens is 1. The molecular weight excluding hydrogens is 188 g/mol. The third kappa shape index (κ3) is 2.44. The summed E-state index contributed by atoms with van der Waals surface area (Å²) in [6.45, 7) is 2.51. The van der Waals surface area contributed by atoms with Crippen LogP contribution >= 0.6 is 11.6 Å². The Balaban J connectivity index is 2.56. The first-order chi connectivity index (χ1) is 6.15. The Morgan fingerprint density at radius 3 is 3.00 bits per heavy atom. The van der Waals surface area contributed by atoms with Crippen LogP contribution in [-0.2, 0) is 6.54 Å². The quantitative estimate of drug-likeness (QED) is 0.791. The van der Waals surface area contributed by atoms with Crippen molar-refractivity contribution < 1.29 is 0 Å². The van der Waals surface area contributed by atoms with Crippen LogP contribution in [0, 0.1) is 18.3 Å².